The maximum Gasteiger partial charge on any atom is 0.164 e. The first-order valence-electron chi connectivity index (χ1n) is 21.1. The summed E-state index contributed by atoms with van der Waals surface area (Å²) in [6.45, 7) is 0. The van der Waals surface area contributed by atoms with Crippen molar-refractivity contribution in [2.24, 2.45) is 0 Å². The second-order valence-corrected chi connectivity index (χ2v) is 16.0. The SMILES string of the molecule is c1ccc(-c2ccc3c(c2)c2cc(-c4ccccc4)ccc2n3-c2ccc3oc4cccc(-c5nc(-c6ccccc6)nc(-c6ccc7c(c6)oc6ccccc67)n5)c4c3c2)cc1. The monoisotopic (exact) mass is 806 g/mol. The second-order valence-electron chi connectivity index (χ2n) is 16.0. The Labute approximate surface area is 361 Å². The molecule has 0 bridgehead atoms. The Morgan fingerprint density at radius 2 is 0.841 bits per heavy atom. The number of fused-ring (bicyclic) bond motifs is 9. The predicted octanol–water partition coefficient (Wildman–Crippen LogP) is 15.1. The third-order valence-corrected chi connectivity index (χ3v) is 12.3. The van der Waals surface area contributed by atoms with Crippen molar-refractivity contribution in [1.29, 1.82) is 0 Å². The van der Waals surface area contributed by atoms with Crippen LogP contribution in [0.15, 0.2) is 215 Å². The molecular weight excluding hydrogens is 773 g/mol. The zero-order valence-corrected chi connectivity index (χ0v) is 33.7. The number of hydrogen-bond donors (Lipinski definition) is 0. The van der Waals surface area contributed by atoms with Crippen LogP contribution < -0.4 is 0 Å². The summed E-state index contributed by atoms with van der Waals surface area (Å²) in [7, 11) is 0. The molecule has 4 aromatic heterocycles. The highest BCUT2D eigenvalue weighted by Crippen LogP contribution is 2.41. The van der Waals surface area contributed by atoms with Gasteiger partial charge in [-0.05, 0) is 89.0 Å². The maximum absolute atomic E-state index is 6.61. The van der Waals surface area contributed by atoms with Crippen LogP contribution in [-0.2, 0) is 0 Å². The standard InChI is InChI=1S/C57H34N4O2/c1-4-13-35(14-5-1)38-24-28-48-45(31-38)46-32-39(36-15-6-2-7-16-36)25-29-49(46)61(48)41-26-30-51-47(34-41)54-44(20-12-22-52(54)62-51)57-59-55(37-17-8-3-9-18-37)58-56(60-57)40-23-27-43-42-19-10-11-21-50(42)63-53(43)33-40/h1-34H. The molecule has 9 aromatic carbocycles. The van der Waals surface area contributed by atoms with Crippen LogP contribution in [0.2, 0.25) is 0 Å². The van der Waals surface area contributed by atoms with Crippen LogP contribution >= 0.6 is 0 Å². The van der Waals surface area contributed by atoms with E-state index in [2.05, 4.69) is 144 Å². The summed E-state index contributed by atoms with van der Waals surface area (Å²) >= 11 is 0. The van der Waals surface area contributed by atoms with Crippen LogP contribution in [-0.4, -0.2) is 19.5 Å². The molecule has 0 aliphatic carbocycles. The number of aromatic nitrogens is 4. The lowest BCUT2D eigenvalue weighted by atomic mass is 10.0. The first-order valence-corrected chi connectivity index (χ1v) is 21.1. The Balaban J connectivity index is 1.01. The van der Waals surface area contributed by atoms with Crippen molar-refractivity contribution in [2.45, 2.75) is 0 Å². The number of benzene rings is 9. The number of rotatable bonds is 6. The summed E-state index contributed by atoms with van der Waals surface area (Å²) in [4.78, 5) is 15.4. The minimum Gasteiger partial charge on any atom is -0.456 e. The molecular formula is C57H34N4O2. The van der Waals surface area contributed by atoms with E-state index >= 15 is 0 Å². The Bertz CT molecular complexity index is 3810. The van der Waals surface area contributed by atoms with E-state index in [1.165, 1.54) is 33.0 Å². The Morgan fingerprint density at radius 1 is 0.302 bits per heavy atom. The molecule has 0 N–H and O–H groups in total. The van der Waals surface area contributed by atoms with Crippen LogP contribution in [0.5, 0.6) is 0 Å². The van der Waals surface area contributed by atoms with Gasteiger partial charge in [-0.2, -0.15) is 0 Å². The first kappa shape index (κ1) is 35.2. The summed E-state index contributed by atoms with van der Waals surface area (Å²) in [5.41, 5.74) is 13.8. The van der Waals surface area contributed by atoms with Gasteiger partial charge in [-0.25, -0.2) is 15.0 Å². The molecule has 0 saturated carbocycles. The van der Waals surface area contributed by atoms with Gasteiger partial charge in [0.25, 0.3) is 0 Å². The van der Waals surface area contributed by atoms with Crippen molar-refractivity contribution < 1.29 is 8.83 Å². The largest absolute Gasteiger partial charge is 0.456 e. The van der Waals surface area contributed by atoms with Gasteiger partial charge in [-0.3, -0.25) is 0 Å². The molecule has 0 aliphatic rings. The zero-order valence-electron chi connectivity index (χ0n) is 33.7. The van der Waals surface area contributed by atoms with Crippen LogP contribution in [0, 0.1) is 0 Å². The molecule has 0 saturated heterocycles. The van der Waals surface area contributed by atoms with Gasteiger partial charge in [-0.1, -0.05) is 140 Å². The molecule has 0 radical (unpaired) electrons. The second kappa shape index (κ2) is 14.0. The molecule has 0 unspecified atom stereocenters. The molecule has 6 nitrogen and oxygen atoms in total. The van der Waals surface area contributed by atoms with Crippen molar-refractivity contribution in [2.75, 3.05) is 0 Å². The molecule has 13 rings (SSSR count). The molecule has 0 fully saturated rings. The lowest BCUT2D eigenvalue weighted by molar-refractivity contribution is 0.668. The quantitative estimate of drug-likeness (QED) is 0.167. The molecule has 0 amide bonds. The highest BCUT2D eigenvalue weighted by Gasteiger charge is 2.21. The first-order chi connectivity index (χ1) is 31.2. The van der Waals surface area contributed by atoms with Crippen molar-refractivity contribution >= 4 is 65.7 Å². The minimum atomic E-state index is 0.556. The van der Waals surface area contributed by atoms with Crippen molar-refractivity contribution in [3.63, 3.8) is 0 Å². The Kier molecular flexibility index (Phi) is 7.80. The Hall–Kier alpha value is -8.61. The molecule has 0 aliphatic heterocycles. The third kappa shape index (κ3) is 5.76. The zero-order chi connectivity index (χ0) is 41.4. The molecule has 13 aromatic rings. The number of nitrogens with zero attached hydrogens (tertiary/aromatic N) is 4. The molecule has 0 spiro atoms. The van der Waals surface area contributed by atoms with Crippen LogP contribution in [0.4, 0.5) is 0 Å². The number of hydrogen-bond acceptors (Lipinski definition) is 5. The van der Waals surface area contributed by atoms with Gasteiger partial charge in [-0.15, -0.1) is 0 Å². The average molecular weight is 807 g/mol. The van der Waals surface area contributed by atoms with E-state index < -0.39 is 0 Å². The van der Waals surface area contributed by atoms with Crippen LogP contribution in [0.1, 0.15) is 0 Å². The summed E-state index contributed by atoms with van der Waals surface area (Å²) in [5, 5.41) is 6.42. The van der Waals surface area contributed by atoms with E-state index in [1.54, 1.807) is 0 Å². The fourth-order valence-corrected chi connectivity index (χ4v) is 9.27. The predicted molar refractivity (Wildman–Crippen MR) is 256 cm³/mol. The van der Waals surface area contributed by atoms with Gasteiger partial charge >= 0.3 is 0 Å². The Morgan fingerprint density at radius 3 is 1.54 bits per heavy atom. The van der Waals surface area contributed by atoms with Crippen LogP contribution in [0.3, 0.4) is 0 Å². The normalized spacial score (nSPS) is 11.8. The molecule has 294 valence electrons. The summed E-state index contributed by atoms with van der Waals surface area (Å²) < 4.78 is 15.3. The van der Waals surface area contributed by atoms with Gasteiger partial charge in [0.2, 0.25) is 0 Å². The number of furan rings is 2. The summed E-state index contributed by atoms with van der Waals surface area (Å²) in [5.74, 6) is 1.70. The van der Waals surface area contributed by atoms with Gasteiger partial charge in [0.15, 0.2) is 17.5 Å². The minimum absolute atomic E-state index is 0.556. The van der Waals surface area contributed by atoms with E-state index in [1.807, 2.05) is 66.7 Å². The molecule has 4 heterocycles. The molecule has 63 heavy (non-hydrogen) atoms. The van der Waals surface area contributed by atoms with Crippen molar-refractivity contribution in [1.82, 2.24) is 19.5 Å². The van der Waals surface area contributed by atoms with E-state index in [0.717, 1.165) is 77.3 Å². The maximum atomic E-state index is 6.61. The smallest absolute Gasteiger partial charge is 0.164 e. The lowest BCUT2D eigenvalue weighted by Crippen LogP contribution is -2.00. The fourth-order valence-electron chi connectivity index (χ4n) is 9.27. The van der Waals surface area contributed by atoms with E-state index in [9.17, 15) is 0 Å². The molecule has 0 atom stereocenters. The van der Waals surface area contributed by atoms with Crippen molar-refractivity contribution in [3.8, 4) is 62.1 Å². The van der Waals surface area contributed by atoms with Gasteiger partial charge in [0.1, 0.15) is 22.3 Å². The van der Waals surface area contributed by atoms with Gasteiger partial charge in [0, 0.05) is 54.7 Å². The lowest BCUT2D eigenvalue weighted by Gasteiger charge is -2.10. The summed E-state index contributed by atoms with van der Waals surface area (Å²) in [6.07, 6.45) is 0. The highest BCUT2D eigenvalue weighted by atomic mass is 16.3. The number of para-hydroxylation sites is 1. The summed E-state index contributed by atoms with van der Waals surface area (Å²) in [6, 6.07) is 71.7. The highest BCUT2D eigenvalue weighted by molar-refractivity contribution is 6.14. The van der Waals surface area contributed by atoms with E-state index in [-0.39, 0.29) is 0 Å². The van der Waals surface area contributed by atoms with E-state index in [4.69, 9.17) is 23.8 Å². The van der Waals surface area contributed by atoms with Crippen molar-refractivity contribution in [3.05, 3.63) is 206 Å². The molecule has 6 heteroatoms. The van der Waals surface area contributed by atoms with Gasteiger partial charge < -0.3 is 13.4 Å². The van der Waals surface area contributed by atoms with Gasteiger partial charge in [0.05, 0.1) is 11.0 Å². The third-order valence-electron chi connectivity index (χ3n) is 12.3. The van der Waals surface area contributed by atoms with Crippen LogP contribution in [0.25, 0.3) is 128 Å². The fraction of sp³-hybridized carbons (Fsp3) is 0. The van der Waals surface area contributed by atoms with E-state index in [0.29, 0.717) is 17.5 Å². The average Bonchev–Trinajstić information content (AvgIpc) is 4.03. The topological polar surface area (TPSA) is 69.9 Å².